The van der Waals surface area contributed by atoms with Crippen molar-refractivity contribution in [3.63, 3.8) is 0 Å². The summed E-state index contributed by atoms with van der Waals surface area (Å²) in [6, 6.07) is 12.9. The molecule has 1 N–H and O–H groups in total. The molecule has 2 aromatic rings. The SMILES string of the molecule is CCOC(=O)CS[C@@H](C(=O)Nc1ccc(Cl)c([N+](=O)[O-])c1)c1ccccc1. The van der Waals surface area contributed by atoms with Crippen molar-refractivity contribution >= 4 is 46.6 Å². The Labute approximate surface area is 165 Å². The van der Waals surface area contributed by atoms with Crippen LogP contribution in [-0.4, -0.2) is 29.2 Å². The summed E-state index contributed by atoms with van der Waals surface area (Å²) in [7, 11) is 0. The first-order valence-electron chi connectivity index (χ1n) is 7.99. The van der Waals surface area contributed by atoms with Crippen LogP contribution in [0.3, 0.4) is 0 Å². The Bertz CT molecular complexity index is 832. The molecule has 142 valence electrons. The first-order chi connectivity index (χ1) is 12.9. The molecular weight excluding hydrogens is 392 g/mol. The predicted molar refractivity (Wildman–Crippen MR) is 105 cm³/mol. The second kappa shape index (κ2) is 9.94. The van der Waals surface area contributed by atoms with Gasteiger partial charge in [-0.15, -0.1) is 11.8 Å². The lowest BCUT2D eigenvalue weighted by atomic mass is 10.1. The van der Waals surface area contributed by atoms with E-state index in [0.29, 0.717) is 5.56 Å². The molecule has 0 aliphatic rings. The number of benzene rings is 2. The third kappa shape index (κ3) is 5.97. The lowest BCUT2D eigenvalue weighted by Crippen LogP contribution is -2.21. The molecule has 0 heterocycles. The van der Waals surface area contributed by atoms with Crippen molar-refractivity contribution < 1.29 is 19.2 Å². The average Bonchev–Trinajstić information content (AvgIpc) is 2.64. The first kappa shape index (κ1) is 20.7. The number of nitro benzene ring substituents is 1. The summed E-state index contributed by atoms with van der Waals surface area (Å²) in [6.07, 6.45) is 0. The molecule has 9 heteroatoms. The van der Waals surface area contributed by atoms with Crippen LogP contribution >= 0.6 is 23.4 Å². The van der Waals surface area contributed by atoms with E-state index in [1.807, 2.05) is 6.07 Å². The van der Waals surface area contributed by atoms with Crippen molar-refractivity contribution in [2.75, 3.05) is 17.7 Å². The summed E-state index contributed by atoms with van der Waals surface area (Å²) in [6.45, 7) is 1.97. The molecular formula is C18H17ClN2O5S. The van der Waals surface area contributed by atoms with Crippen molar-refractivity contribution in [3.8, 4) is 0 Å². The van der Waals surface area contributed by atoms with Crippen molar-refractivity contribution in [2.24, 2.45) is 0 Å². The quantitative estimate of drug-likeness (QED) is 0.398. The molecule has 0 bridgehead atoms. The van der Waals surface area contributed by atoms with Crippen molar-refractivity contribution in [2.45, 2.75) is 12.2 Å². The van der Waals surface area contributed by atoms with Crippen LogP contribution < -0.4 is 5.32 Å². The van der Waals surface area contributed by atoms with Gasteiger partial charge in [-0.3, -0.25) is 19.7 Å². The number of hydrogen-bond acceptors (Lipinski definition) is 6. The molecule has 0 fully saturated rings. The normalized spacial score (nSPS) is 11.5. The highest BCUT2D eigenvalue weighted by atomic mass is 35.5. The lowest BCUT2D eigenvalue weighted by molar-refractivity contribution is -0.384. The van der Waals surface area contributed by atoms with E-state index in [0.717, 1.165) is 11.8 Å². The number of hydrogen-bond donors (Lipinski definition) is 1. The van der Waals surface area contributed by atoms with Crippen molar-refractivity contribution in [3.05, 3.63) is 69.2 Å². The number of halogens is 1. The molecule has 0 saturated heterocycles. The molecule has 2 rings (SSSR count). The maximum atomic E-state index is 12.8. The standard InChI is InChI=1S/C18H17ClN2O5S/c1-2-26-16(22)11-27-17(12-6-4-3-5-7-12)18(23)20-13-8-9-14(19)15(10-13)21(24)25/h3-10,17H,2,11H2,1H3,(H,20,23)/t17-/m1/s1. The lowest BCUT2D eigenvalue weighted by Gasteiger charge is -2.17. The monoisotopic (exact) mass is 408 g/mol. The summed E-state index contributed by atoms with van der Waals surface area (Å²) in [5.74, 6) is -0.827. The van der Waals surface area contributed by atoms with E-state index in [1.165, 1.54) is 18.2 Å². The zero-order chi connectivity index (χ0) is 19.8. The van der Waals surface area contributed by atoms with Gasteiger partial charge in [-0.1, -0.05) is 41.9 Å². The van der Waals surface area contributed by atoms with Crippen LogP contribution in [0, 0.1) is 10.1 Å². The summed E-state index contributed by atoms with van der Waals surface area (Å²) in [5.41, 5.74) is 0.645. The molecule has 0 aliphatic heterocycles. The van der Waals surface area contributed by atoms with Gasteiger partial charge in [0.2, 0.25) is 5.91 Å². The fourth-order valence-electron chi connectivity index (χ4n) is 2.24. The highest BCUT2D eigenvalue weighted by Crippen LogP contribution is 2.32. The minimum absolute atomic E-state index is 0.00157. The number of nitro groups is 1. The molecule has 7 nitrogen and oxygen atoms in total. The second-order valence-electron chi connectivity index (χ2n) is 5.32. The molecule has 0 unspecified atom stereocenters. The van der Waals surface area contributed by atoms with Crippen LogP contribution in [-0.2, 0) is 14.3 Å². The number of nitrogens with one attached hydrogen (secondary N) is 1. The Balaban J connectivity index is 2.19. The molecule has 0 radical (unpaired) electrons. The van der Waals surface area contributed by atoms with Gasteiger partial charge in [0.15, 0.2) is 0 Å². The summed E-state index contributed by atoms with van der Waals surface area (Å²) >= 11 is 6.91. The second-order valence-corrected chi connectivity index (χ2v) is 6.82. The van der Waals surface area contributed by atoms with Crippen molar-refractivity contribution in [1.29, 1.82) is 0 Å². The van der Waals surface area contributed by atoms with Crippen LogP contribution in [0.15, 0.2) is 48.5 Å². The Morgan fingerprint density at radius 2 is 1.96 bits per heavy atom. The van der Waals surface area contributed by atoms with E-state index < -0.39 is 22.0 Å². The Kier molecular flexibility index (Phi) is 7.63. The maximum Gasteiger partial charge on any atom is 0.315 e. The summed E-state index contributed by atoms with van der Waals surface area (Å²) in [5, 5.41) is 12.9. The number of thioether (sulfide) groups is 1. The van der Waals surface area contributed by atoms with Crippen molar-refractivity contribution in [1.82, 2.24) is 0 Å². The molecule has 1 atom stereocenters. The largest absolute Gasteiger partial charge is 0.465 e. The van der Waals surface area contributed by atoms with Crippen LogP contribution in [0.25, 0.3) is 0 Å². The highest BCUT2D eigenvalue weighted by molar-refractivity contribution is 8.00. The third-order valence-electron chi connectivity index (χ3n) is 3.42. The van der Waals surface area contributed by atoms with E-state index in [2.05, 4.69) is 5.32 Å². The smallest absolute Gasteiger partial charge is 0.315 e. The molecule has 0 spiro atoms. The number of anilines is 1. The van der Waals surface area contributed by atoms with Gasteiger partial charge >= 0.3 is 5.97 Å². The number of ether oxygens (including phenoxy) is 1. The van der Waals surface area contributed by atoms with Crippen LogP contribution in [0.1, 0.15) is 17.7 Å². The minimum Gasteiger partial charge on any atom is -0.465 e. The fraction of sp³-hybridized carbons (Fsp3) is 0.222. The van der Waals surface area contributed by atoms with E-state index in [-0.39, 0.29) is 28.8 Å². The summed E-state index contributed by atoms with van der Waals surface area (Å²) < 4.78 is 4.90. The molecule has 1 amide bonds. The highest BCUT2D eigenvalue weighted by Gasteiger charge is 2.24. The average molecular weight is 409 g/mol. The van der Waals surface area contributed by atoms with Gasteiger partial charge < -0.3 is 10.1 Å². The zero-order valence-electron chi connectivity index (χ0n) is 14.4. The van der Waals surface area contributed by atoms with Gasteiger partial charge in [0.1, 0.15) is 10.3 Å². The van der Waals surface area contributed by atoms with Crippen LogP contribution in [0.2, 0.25) is 5.02 Å². The third-order valence-corrected chi connectivity index (χ3v) is 4.97. The molecule has 2 aromatic carbocycles. The van der Waals surface area contributed by atoms with E-state index in [4.69, 9.17) is 16.3 Å². The van der Waals surface area contributed by atoms with Gasteiger partial charge in [0.25, 0.3) is 5.69 Å². The zero-order valence-corrected chi connectivity index (χ0v) is 16.0. The number of rotatable bonds is 8. The number of esters is 1. The number of carbonyl (C=O) groups excluding carboxylic acids is 2. The number of carbonyl (C=O) groups is 2. The van der Waals surface area contributed by atoms with E-state index >= 15 is 0 Å². The van der Waals surface area contributed by atoms with Gasteiger partial charge in [0, 0.05) is 11.8 Å². The van der Waals surface area contributed by atoms with Crippen LogP contribution in [0.5, 0.6) is 0 Å². The minimum atomic E-state index is -0.689. The molecule has 0 aromatic heterocycles. The first-order valence-corrected chi connectivity index (χ1v) is 9.42. The number of amides is 1. The van der Waals surface area contributed by atoms with E-state index in [1.54, 1.807) is 31.2 Å². The molecule has 0 saturated carbocycles. The Hall–Kier alpha value is -2.58. The number of nitrogens with zero attached hydrogens (tertiary/aromatic N) is 1. The topological polar surface area (TPSA) is 98.5 Å². The van der Waals surface area contributed by atoms with Crippen LogP contribution in [0.4, 0.5) is 11.4 Å². The van der Waals surface area contributed by atoms with Gasteiger partial charge in [0.05, 0.1) is 17.3 Å². The molecule has 0 aliphatic carbocycles. The van der Waals surface area contributed by atoms with Gasteiger partial charge in [-0.2, -0.15) is 0 Å². The summed E-state index contributed by atoms with van der Waals surface area (Å²) in [4.78, 5) is 34.8. The van der Waals surface area contributed by atoms with E-state index in [9.17, 15) is 19.7 Å². The van der Waals surface area contributed by atoms with Gasteiger partial charge in [-0.25, -0.2) is 0 Å². The van der Waals surface area contributed by atoms with Gasteiger partial charge in [-0.05, 0) is 24.6 Å². The Morgan fingerprint density at radius 1 is 1.26 bits per heavy atom. The maximum absolute atomic E-state index is 12.8. The fourth-order valence-corrected chi connectivity index (χ4v) is 3.38. The molecule has 27 heavy (non-hydrogen) atoms. The predicted octanol–water partition coefficient (Wildman–Crippen LogP) is 4.22. The Morgan fingerprint density at radius 3 is 2.59 bits per heavy atom.